The van der Waals surface area contributed by atoms with Gasteiger partial charge >= 0.3 is 18.1 Å². The highest BCUT2D eigenvalue weighted by Crippen LogP contribution is 2.53. The normalized spacial score (nSPS) is 36.1. The molecule has 0 aromatic heterocycles. The van der Waals surface area contributed by atoms with Crippen LogP contribution in [-0.2, 0) is 14.3 Å². The van der Waals surface area contributed by atoms with Gasteiger partial charge in [-0.05, 0) is 20.8 Å². The predicted molar refractivity (Wildman–Crippen MR) is 60.4 cm³/mol. The summed E-state index contributed by atoms with van der Waals surface area (Å²) < 4.78 is 75.7. The molecule has 0 spiro atoms. The molecule has 0 radical (unpaired) electrons. The highest BCUT2D eigenvalue weighted by atomic mass is 19.4. The van der Waals surface area contributed by atoms with Gasteiger partial charge in [0, 0.05) is 12.0 Å². The minimum atomic E-state index is -5.49. The van der Waals surface area contributed by atoms with Crippen LogP contribution in [0.25, 0.3) is 0 Å². The van der Waals surface area contributed by atoms with Crippen molar-refractivity contribution in [3.63, 3.8) is 0 Å². The fourth-order valence-electron chi connectivity index (χ4n) is 1.92. The van der Waals surface area contributed by atoms with Crippen LogP contribution < -0.4 is 0 Å². The second-order valence-electron chi connectivity index (χ2n) is 5.31. The molecule has 3 unspecified atom stereocenters. The summed E-state index contributed by atoms with van der Waals surface area (Å²) in [7, 11) is 0. The van der Waals surface area contributed by atoms with Gasteiger partial charge in [-0.1, -0.05) is 6.58 Å². The molecule has 1 saturated heterocycles. The maximum Gasteiger partial charge on any atom is 0.423 e. The largest absolute Gasteiger partial charge is 0.452 e. The summed E-state index contributed by atoms with van der Waals surface area (Å²) in [6.45, 7) is 5.19. The number of carbonyl (C=O) groups excluding carboxylic acids is 1. The van der Waals surface area contributed by atoms with Gasteiger partial charge in [0.15, 0.2) is 11.9 Å². The Hall–Kier alpha value is -1.22. The van der Waals surface area contributed by atoms with E-state index in [9.17, 15) is 31.9 Å². The molecule has 1 aliphatic rings. The fraction of sp³-hybridized carbons (Fsp3) is 0.750. The van der Waals surface area contributed by atoms with Crippen molar-refractivity contribution in [3.8, 4) is 0 Å². The second-order valence-corrected chi connectivity index (χ2v) is 5.31. The van der Waals surface area contributed by atoms with Crippen LogP contribution in [0.1, 0.15) is 27.2 Å². The maximum atomic E-state index is 14.1. The van der Waals surface area contributed by atoms with E-state index in [1.807, 2.05) is 0 Å². The van der Waals surface area contributed by atoms with Crippen LogP contribution in [0, 0.1) is 0 Å². The lowest BCUT2D eigenvalue weighted by atomic mass is 9.85. The van der Waals surface area contributed by atoms with Crippen LogP contribution in [0.2, 0.25) is 0 Å². The zero-order chi connectivity index (χ0) is 16.9. The lowest BCUT2D eigenvalue weighted by Crippen LogP contribution is -2.70. The minimum absolute atomic E-state index is 0.0994. The quantitative estimate of drug-likeness (QED) is 0.483. The highest BCUT2D eigenvalue weighted by molar-refractivity contribution is 5.87. The Balaban J connectivity index is 3.26. The van der Waals surface area contributed by atoms with Gasteiger partial charge in [0.25, 0.3) is 0 Å². The summed E-state index contributed by atoms with van der Waals surface area (Å²) in [5.41, 5.74) is -4.26. The minimum Gasteiger partial charge on any atom is -0.452 e. The first-order valence-corrected chi connectivity index (χ1v) is 5.87. The van der Waals surface area contributed by atoms with Crippen LogP contribution >= 0.6 is 0 Å². The molecular formula is C12H15F5O4. The first-order valence-electron chi connectivity index (χ1n) is 5.87. The van der Waals surface area contributed by atoms with Gasteiger partial charge in [0.05, 0.1) is 0 Å². The van der Waals surface area contributed by atoms with Crippen molar-refractivity contribution >= 4 is 5.97 Å². The van der Waals surface area contributed by atoms with E-state index in [2.05, 4.69) is 16.1 Å². The molecule has 21 heavy (non-hydrogen) atoms. The van der Waals surface area contributed by atoms with E-state index >= 15 is 0 Å². The van der Waals surface area contributed by atoms with Gasteiger partial charge in [0.2, 0.25) is 5.60 Å². The van der Waals surface area contributed by atoms with Gasteiger partial charge in [-0.25, -0.2) is 4.79 Å². The van der Waals surface area contributed by atoms with Crippen LogP contribution in [0.3, 0.4) is 0 Å². The summed E-state index contributed by atoms with van der Waals surface area (Å²) in [5, 5.41) is 9.66. The van der Waals surface area contributed by atoms with E-state index in [-0.39, 0.29) is 12.5 Å². The average molecular weight is 318 g/mol. The molecule has 0 bridgehead atoms. The number of ether oxygens (including phenoxy) is 2. The van der Waals surface area contributed by atoms with Crippen LogP contribution in [0.4, 0.5) is 22.0 Å². The molecule has 1 N–H and O–H groups in total. The maximum absolute atomic E-state index is 14.1. The third-order valence-corrected chi connectivity index (χ3v) is 3.17. The van der Waals surface area contributed by atoms with Gasteiger partial charge in [-0.3, -0.25) is 0 Å². The number of hydrogen-bond acceptors (Lipinski definition) is 4. The van der Waals surface area contributed by atoms with Gasteiger partial charge in [0.1, 0.15) is 0 Å². The summed E-state index contributed by atoms with van der Waals surface area (Å²) >= 11 is 0. The Labute approximate surface area is 117 Å². The number of hydrogen-bond donors (Lipinski definition) is 1. The average Bonchev–Trinajstić information content (AvgIpc) is 2.23. The van der Waals surface area contributed by atoms with Crippen molar-refractivity contribution in [3.05, 3.63) is 12.2 Å². The lowest BCUT2D eigenvalue weighted by molar-refractivity contribution is -0.435. The number of alkyl halides is 5. The topological polar surface area (TPSA) is 55.8 Å². The summed E-state index contributed by atoms with van der Waals surface area (Å²) in [6, 6.07) is 0. The number of esters is 1. The SMILES string of the molecule is C=C(C)C(=O)OC1CC(C)(O)OC(C)(C(F)(F)F)C1(F)F. The molecule has 0 saturated carbocycles. The molecule has 0 amide bonds. The van der Waals surface area contributed by atoms with Gasteiger partial charge < -0.3 is 14.6 Å². The van der Waals surface area contributed by atoms with E-state index in [1.54, 1.807) is 0 Å². The van der Waals surface area contributed by atoms with E-state index in [0.717, 1.165) is 13.8 Å². The van der Waals surface area contributed by atoms with Crippen molar-refractivity contribution in [1.82, 2.24) is 0 Å². The highest BCUT2D eigenvalue weighted by Gasteiger charge is 2.76. The van der Waals surface area contributed by atoms with Crippen LogP contribution in [0.5, 0.6) is 0 Å². The zero-order valence-corrected chi connectivity index (χ0v) is 11.6. The van der Waals surface area contributed by atoms with E-state index in [0.29, 0.717) is 0 Å². The Morgan fingerprint density at radius 3 is 2.24 bits per heavy atom. The van der Waals surface area contributed by atoms with Crippen molar-refractivity contribution in [2.45, 2.75) is 56.8 Å². The Morgan fingerprint density at radius 1 is 1.38 bits per heavy atom. The monoisotopic (exact) mass is 318 g/mol. The van der Waals surface area contributed by atoms with E-state index in [1.165, 1.54) is 0 Å². The number of aliphatic hydroxyl groups is 1. The van der Waals surface area contributed by atoms with Crippen molar-refractivity contribution in [2.24, 2.45) is 0 Å². The molecule has 122 valence electrons. The first-order chi connectivity index (χ1) is 9.14. The predicted octanol–water partition coefficient (Wildman–Crippen LogP) is 2.56. The van der Waals surface area contributed by atoms with Crippen LogP contribution in [-0.4, -0.2) is 40.7 Å². The summed E-state index contributed by atoms with van der Waals surface area (Å²) in [6.07, 6.45) is -9.00. The Bertz CT molecular complexity index is 457. The summed E-state index contributed by atoms with van der Waals surface area (Å²) in [5.74, 6) is -8.40. The Kier molecular flexibility index (Phi) is 4.17. The number of rotatable bonds is 2. The molecule has 0 aromatic rings. The smallest absolute Gasteiger partial charge is 0.423 e. The lowest BCUT2D eigenvalue weighted by Gasteiger charge is -2.50. The molecule has 1 aliphatic heterocycles. The molecule has 9 heteroatoms. The van der Waals surface area contributed by atoms with Gasteiger partial charge in [-0.15, -0.1) is 0 Å². The van der Waals surface area contributed by atoms with E-state index in [4.69, 9.17) is 0 Å². The third-order valence-electron chi connectivity index (χ3n) is 3.17. The molecule has 1 rings (SSSR count). The van der Waals surface area contributed by atoms with E-state index < -0.39 is 42.0 Å². The summed E-state index contributed by atoms with van der Waals surface area (Å²) in [4.78, 5) is 11.3. The van der Waals surface area contributed by atoms with Crippen molar-refractivity contribution in [2.75, 3.05) is 0 Å². The van der Waals surface area contributed by atoms with Gasteiger partial charge in [-0.2, -0.15) is 22.0 Å². The Morgan fingerprint density at radius 2 is 1.86 bits per heavy atom. The standard InChI is InChI=1S/C12H15F5O4/c1-6(2)8(18)20-7-5-9(3,19)21-10(4,11(7,13)14)12(15,16)17/h7,19H,1,5H2,2-4H3. The second kappa shape index (κ2) is 4.91. The molecule has 0 aromatic carbocycles. The first kappa shape index (κ1) is 17.8. The molecule has 0 aliphatic carbocycles. The third kappa shape index (κ3) is 3.03. The molecule has 1 heterocycles. The fourth-order valence-corrected chi connectivity index (χ4v) is 1.92. The zero-order valence-electron chi connectivity index (χ0n) is 11.6. The molecular weight excluding hydrogens is 303 g/mol. The van der Waals surface area contributed by atoms with Crippen LogP contribution in [0.15, 0.2) is 12.2 Å². The number of carbonyl (C=O) groups is 1. The van der Waals surface area contributed by atoms with Crippen molar-refractivity contribution in [1.29, 1.82) is 0 Å². The number of halogens is 5. The molecule has 1 fully saturated rings. The van der Waals surface area contributed by atoms with Crippen molar-refractivity contribution < 1.29 is 41.3 Å². The molecule has 4 nitrogen and oxygen atoms in total. The molecule has 3 atom stereocenters.